The summed E-state index contributed by atoms with van der Waals surface area (Å²) < 4.78 is 8.27. The largest absolute Gasteiger partial charge is 0.492 e. The molecule has 0 bridgehead atoms. The number of hydrogen-bond donors (Lipinski definition) is 0. The Morgan fingerprint density at radius 3 is 2.61 bits per heavy atom. The molecular weight excluding hydrogens is 434 g/mol. The van der Waals surface area contributed by atoms with Gasteiger partial charge in [0.25, 0.3) is 0 Å². The first kappa shape index (κ1) is 21.5. The summed E-state index contributed by atoms with van der Waals surface area (Å²) in [5.74, 6) is 1.92. The van der Waals surface area contributed by atoms with Gasteiger partial charge in [-0.15, -0.1) is 0 Å². The van der Waals surface area contributed by atoms with E-state index < -0.39 is 0 Å². The summed E-state index contributed by atoms with van der Waals surface area (Å²) in [6, 6.07) is 21.7. The molecule has 1 unspecified atom stereocenters. The normalized spacial score (nSPS) is 16.0. The van der Waals surface area contributed by atoms with E-state index in [0.29, 0.717) is 31.1 Å². The van der Waals surface area contributed by atoms with Gasteiger partial charge in [0.2, 0.25) is 5.91 Å². The summed E-state index contributed by atoms with van der Waals surface area (Å²) in [4.78, 5) is 19.6. The molecule has 2 heterocycles. The third-order valence-corrected chi connectivity index (χ3v) is 6.63. The molecule has 5 rings (SSSR count). The molecule has 1 aliphatic heterocycles. The second-order valence-corrected chi connectivity index (χ2v) is 9.02. The zero-order valence-corrected chi connectivity index (χ0v) is 19.5. The Morgan fingerprint density at radius 1 is 1.03 bits per heavy atom. The highest BCUT2D eigenvalue weighted by Gasteiger charge is 2.34. The highest BCUT2D eigenvalue weighted by atomic mass is 35.5. The number of carbonyl (C=O) groups is 1. The van der Waals surface area contributed by atoms with Crippen molar-refractivity contribution in [1.29, 1.82) is 0 Å². The van der Waals surface area contributed by atoms with Crippen molar-refractivity contribution in [3.8, 4) is 5.75 Å². The van der Waals surface area contributed by atoms with Crippen LogP contribution in [0.2, 0.25) is 5.02 Å². The molecule has 1 aliphatic rings. The van der Waals surface area contributed by atoms with E-state index in [0.717, 1.165) is 28.3 Å². The van der Waals surface area contributed by atoms with E-state index in [1.165, 1.54) is 11.1 Å². The van der Waals surface area contributed by atoms with Crippen molar-refractivity contribution in [2.75, 3.05) is 18.1 Å². The van der Waals surface area contributed by atoms with E-state index in [9.17, 15) is 4.79 Å². The van der Waals surface area contributed by atoms with Crippen molar-refractivity contribution in [3.63, 3.8) is 0 Å². The highest BCUT2D eigenvalue weighted by molar-refractivity contribution is 6.30. The fraction of sp³-hybridized carbons (Fsp3) is 0.259. The van der Waals surface area contributed by atoms with Crippen molar-refractivity contribution < 1.29 is 9.53 Å². The maximum atomic E-state index is 12.9. The average Bonchev–Trinajstić information content (AvgIpc) is 3.37. The van der Waals surface area contributed by atoms with Crippen LogP contribution in [0.5, 0.6) is 5.75 Å². The van der Waals surface area contributed by atoms with E-state index in [-0.39, 0.29) is 11.8 Å². The SMILES string of the molecule is Cc1ccc(OCCn2c(C3CC(=O)N(c4ccc(Cl)cc4)C3)nc3ccccc32)cc1C. The number of rotatable bonds is 6. The van der Waals surface area contributed by atoms with Crippen LogP contribution in [0, 0.1) is 13.8 Å². The van der Waals surface area contributed by atoms with E-state index in [4.69, 9.17) is 21.3 Å². The number of aryl methyl sites for hydroxylation is 2. The molecular formula is C27H26ClN3O2. The van der Waals surface area contributed by atoms with Crippen LogP contribution in [0.4, 0.5) is 5.69 Å². The Morgan fingerprint density at radius 2 is 1.82 bits per heavy atom. The molecule has 5 nitrogen and oxygen atoms in total. The van der Waals surface area contributed by atoms with E-state index in [1.54, 1.807) is 0 Å². The van der Waals surface area contributed by atoms with E-state index >= 15 is 0 Å². The third-order valence-electron chi connectivity index (χ3n) is 6.37. The van der Waals surface area contributed by atoms with Crippen LogP contribution < -0.4 is 9.64 Å². The monoisotopic (exact) mass is 459 g/mol. The predicted octanol–water partition coefficient (Wildman–Crippen LogP) is 5.91. The number of para-hydroxylation sites is 2. The number of nitrogens with zero attached hydrogens (tertiary/aromatic N) is 3. The lowest BCUT2D eigenvalue weighted by Crippen LogP contribution is -2.24. The first-order valence-electron chi connectivity index (χ1n) is 11.2. The summed E-state index contributed by atoms with van der Waals surface area (Å²) in [6.45, 7) is 5.97. The minimum absolute atomic E-state index is 0.0159. The van der Waals surface area contributed by atoms with Crippen LogP contribution in [0.1, 0.15) is 29.3 Å². The zero-order chi connectivity index (χ0) is 22.9. The molecule has 1 atom stereocenters. The fourth-order valence-corrected chi connectivity index (χ4v) is 4.58. The molecule has 0 aliphatic carbocycles. The van der Waals surface area contributed by atoms with Gasteiger partial charge in [0.1, 0.15) is 18.2 Å². The van der Waals surface area contributed by atoms with E-state index in [1.807, 2.05) is 53.4 Å². The van der Waals surface area contributed by atoms with Crippen molar-refractivity contribution in [2.24, 2.45) is 0 Å². The van der Waals surface area contributed by atoms with Gasteiger partial charge in [-0.1, -0.05) is 29.8 Å². The van der Waals surface area contributed by atoms with Crippen LogP contribution in [0.3, 0.4) is 0 Å². The molecule has 168 valence electrons. The maximum absolute atomic E-state index is 12.9. The van der Waals surface area contributed by atoms with Gasteiger partial charge in [-0.3, -0.25) is 4.79 Å². The number of anilines is 1. The van der Waals surface area contributed by atoms with Gasteiger partial charge in [0.15, 0.2) is 0 Å². The van der Waals surface area contributed by atoms with Gasteiger partial charge in [-0.05, 0) is 73.5 Å². The molecule has 0 N–H and O–H groups in total. The standard InChI is InChI=1S/C27H26ClN3O2/c1-18-7-12-23(15-19(18)2)33-14-13-30-25-6-4-3-5-24(25)29-27(30)20-16-26(32)31(17-20)22-10-8-21(28)9-11-22/h3-12,15,20H,13-14,16-17H2,1-2H3. The van der Waals surface area contributed by atoms with Crippen LogP contribution >= 0.6 is 11.6 Å². The minimum atomic E-state index is 0.0159. The average molecular weight is 460 g/mol. The van der Waals surface area contributed by atoms with Crippen molar-refractivity contribution in [3.05, 3.63) is 88.7 Å². The summed E-state index contributed by atoms with van der Waals surface area (Å²) >= 11 is 6.03. The molecule has 4 aromatic rings. The molecule has 6 heteroatoms. The summed E-state index contributed by atoms with van der Waals surface area (Å²) in [5.41, 5.74) is 5.34. The number of aromatic nitrogens is 2. The minimum Gasteiger partial charge on any atom is -0.492 e. The van der Waals surface area contributed by atoms with Gasteiger partial charge in [0, 0.05) is 29.6 Å². The molecule has 0 spiro atoms. The molecule has 0 radical (unpaired) electrons. The molecule has 3 aromatic carbocycles. The predicted molar refractivity (Wildman–Crippen MR) is 132 cm³/mol. The number of carbonyl (C=O) groups excluding carboxylic acids is 1. The summed E-state index contributed by atoms with van der Waals surface area (Å²) in [5, 5.41) is 0.660. The van der Waals surface area contributed by atoms with Crippen LogP contribution in [-0.2, 0) is 11.3 Å². The van der Waals surface area contributed by atoms with Crippen LogP contribution in [0.25, 0.3) is 11.0 Å². The number of imidazole rings is 1. The Hall–Kier alpha value is -3.31. The molecule has 1 saturated heterocycles. The number of halogens is 1. The molecule has 33 heavy (non-hydrogen) atoms. The number of fused-ring (bicyclic) bond motifs is 1. The molecule has 1 aromatic heterocycles. The van der Waals surface area contributed by atoms with Crippen molar-refractivity contribution >= 4 is 34.2 Å². The molecule has 1 fully saturated rings. The fourth-order valence-electron chi connectivity index (χ4n) is 4.45. The summed E-state index contributed by atoms with van der Waals surface area (Å²) in [7, 11) is 0. The van der Waals surface area contributed by atoms with Gasteiger partial charge >= 0.3 is 0 Å². The van der Waals surface area contributed by atoms with Crippen molar-refractivity contribution in [1.82, 2.24) is 9.55 Å². The smallest absolute Gasteiger partial charge is 0.227 e. The van der Waals surface area contributed by atoms with Gasteiger partial charge in [-0.2, -0.15) is 0 Å². The maximum Gasteiger partial charge on any atom is 0.227 e. The quantitative estimate of drug-likeness (QED) is 0.360. The lowest BCUT2D eigenvalue weighted by Gasteiger charge is -2.18. The first-order chi connectivity index (χ1) is 16.0. The van der Waals surface area contributed by atoms with Gasteiger partial charge in [-0.25, -0.2) is 4.98 Å². The third kappa shape index (κ3) is 4.33. The highest BCUT2D eigenvalue weighted by Crippen LogP contribution is 2.33. The van der Waals surface area contributed by atoms with Gasteiger partial charge < -0.3 is 14.2 Å². The zero-order valence-electron chi connectivity index (χ0n) is 18.8. The topological polar surface area (TPSA) is 47.4 Å². The Labute approximate surface area is 198 Å². The number of ether oxygens (including phenoxy) is 1. The number of amides is 1. The second-order valence-electron chi connectivity index (χ2n) is 8.59. The summed E-state index contributed by atoms with van der Waals surface area (Å²) in [6.07, 6.45) is 0.434. The molecule has 1 amide bonds. The lowest BCUT2D eigenvalue weighted by atomic mass is 10.1. The number of hydrogen-bond acceptors (Lipinski definition) is 3. The first-order valence-corrected chi connectivity index (χ1v) is 11.6. The van der Waals surface area contributed by atoms with Crippen molar-refractivity contribution in [2.45, 2.75) is 32.7 Å². The lowest BCUT2D eigenvalue weighted by molar-refractivity contribution is -0.117. The Bertz CT molecular complexity index is 1310. The van der Waals surface area contributed by atoms with Gasteiger partial charge in [0.05, 0.1) is 17.6 Å². The number of benzene rings is 3. The second kappa shape index (κ2) is 8.91. The molecule has 0 saturated carbocycles. The Kier molecular flexibility index (Phi) is 5.81. The van der Waals surface area contributed by atoms with E-state index in [2.05, 4.69) is 36.6 Å². The Balaban J connectivity index is 1.39. The van der Waals surface area contributed by atoms with Crippen LogP contribution in [0.15, 0.2) is 66.7 Å². The van der Waals surface area contributed by atoms with Crippen LogP contribution in [-0.4, -0.2) is 28.6 Å².